The summed E-state index contributed by atoms with van der Waals surface area (Å²) < 4.78 is 2.36. The molecule has 1 aliphatic heterocycles. The van der Waals surface area contributed by atoms with Gasteiger partial charge in [-0.15, -0.1) is 0 Å². The maximum Gasteiger partial charge on any atom is 0.0291 e. The van der Waals surface area contributed by atoms with Gasteiger partial charge in [0.1, 0.15) is 0 Å². The molecule has 1 fully saturated rings. The molecule has 0 saturated carbocycles. The van der Waals surface area contributed by atoms with Crippen molar-refractivity contribution in [2.24, 2.45) is 0 Å². The predicted octanol–water partition coefficient (Wildman–Crippen LogP) is 1.02. The van der Waals surface area contributed by atoms with E-state index in [9.17, 15) is 0 Å². The average molecular weight is 240 g/mol. The molecular weight excluding hydrogens is 227 g/mol. The van der Waals surface area contributed by atoms with Crippen LogP contribution < -0.4 is 5.32 Å². The molecule has 1 heterocycles. The van der Waals surface area contributed by atoms with Crippen LogP contribution in [0.4, 0.5) is 0 Å². The summed E-state index contributed by atoms with van der Waals surface area (Å²) in [7, 11) is 0. The van der Waals surface area contributed by atoms with Gasteiger partial charge in [0.2, 0.25) is 0 Å². The van der Waals surface area contributed by atoms with Crippen LogP contribution in [-0.4, -0.2) is 28.3 Å². The van der Waals surface area contributed by atoms with Crippen molar-refractivity contribution >= 4 is 22.9 Å². The van der Waals surface area contributed by atoms with Crippen LogP contribution in [0.3, 0.4) is 0 Å². The van der Waals surface area contributed by atoms with Crippen molar-refractivity contribution in [2.45, 2.75) is 25.9 Å². The van der Waals surface area contributed by atoms with Gasteiger partial charge in [0.05, 0.1) is 0 Å². The molecule has 2 atom stereocenters. The Morgan fingerprint density at radius 2 is 2.22 bits per heavy atom. The zero-order chi connectivity index (χ0) is 6.85. The lowest BCUT2D eigenvalue weighted by atomic mass is 10.2. The number of rotatable bonds is 0. The number of hydrogen-bond acceptors (Lipinski definition) is 2. The minimum atomic E-state index is 0.665. The Morgan fingerprint density at radius 3 is 2.67 bits per heavy atom. The maximum atomic E-state index is 3.42. The quantitative estimate of drug-likeness (QED) is 0.502. The molecule has 54 valence electrons. The van der Waals surface area contributed by atoms with Crippen LogP contribution >= 0.6 is 22.9 Å². The molecule has 1 N–H and O–H groups in total. The van der Waals surface area contributed by atoms with Crippen LogP contribution in [0.2, 0.25) is 0 Å². The summed E-state index contributed by atoms with van der Waals surface area (Å²) in [5.41, 5.74) is 0. The fourth-order valence-electron chi connectivity index (χ4n) is 0.977. The molecule has 9 heavy (non-hydrogen) atoms. The molecule has 0 radical (unpaired) electrons. The standard InChI is InChI=1S/C6H13IN2/c1-5-4-9(7)6(2)3-8-5/h5-6,8H,3-4H2,1-2H3/t5-,6+/m1/s1. The van der Waals surface area contributed by atoms with Gasteiger partial charge in [0, 0.05) is 48.0 Å². The lowest BCUT2D eigenvalue weighted by Gasteiger charge is -2.32. The smallest absolute Gasteiger partial charge is 0.0291 e. The van der Waals surface area contributed by atoms with Gasteiger partial charge >= 0.3 is 0 Å². The molecule has 0 unspecified atom stereocenters. The third-order valence-electron chi connectivity index (χ3n) is 1.69. The number of hydrogen-bond donors (Lipinski definition) is 1. The van der Waals surface area contributed by atoms with E-state index in [4.69, 9.17) is 0 Å². The van der Waals surface area contributed by atoms with Crippen molar-refractivity contribution in [3.05, 3.63) is 0 Å². The van der Waals surface area contributed by atoms with E-state index in [1.807, 2.05) is 0 Å². The van der Waals surface area contributed by atoms with Gasteiger partial charge < -0.3 is 5.32 Å². The van der Waals surface area contributed by atoms with Gasteiger partial charge in [-0.3, -0.25) is 0 Å². The minimum absolute atomic E-state index is 0.665. The topological polar surface area (TPSA) is 15.3 Å². The molecule has 0 aliphatic carbocycles. The predicted molar refractivity (Wildman–Crippen MR) is 47.7 cm³/mol. The zero-order valence-electron chi connectivity index (χ0n) is 5.89. The van der Waals surface area contributed by atoms with Crippen molar-refractivity contribution in [1.82, 2.24) is 8.43 Å². The Morgan fingerprint density at radius 1 is 1.56 bits per heavy atom. The summed E-state index contributed by atoms with van der Waals surface area (Å²) in [6, 6.07) is 1.36. The highest BCUT2D eigenvalue weighted by molar-refractivity contribution is 14.1. The fourth-order valence-corrected chi connectivity index (χ4v) is 1.76. The van der Waals surface area contributed by atoms with Crippen LogP contribution in [0.15, 0.2) is 0 Å². The minimum Gasteiger partial charge on any atom is -0.311 e. The van der Waals surface area contributed by atoms with E-state index in [2.05, 4.69) is 45.1 Å². The Hall–Kier alpha value is 0.650. The van der Waals surface area contributed by atoms with Gasteiger partial charge in [-0.2, -0.15) is 0 Å². The monoisotopic (exact) mass is 240 g/mol. The van der Waals surface area contributed by atoms with Crippen LogP contribution in [0.1, 0.15) is 13.8 Å². The van der Waals surface area contributed by atoms with Crippen LogP contribution in [0.5, 0.6) is 0 Å². The zero-order valence-corrected chi connectivity index (χ0v) is 8.05. The maximum absolute atomic E-state index is 3.42. The van der Waals surface area contributed by atoms with Crippen molar-refractivity contribution in [1.29, 1.82) is 0 Å². The van der Waals surface area contributed by atoms with E-state index in [1.54, 1.807) is 0 Å². The Bertz CT molecular complexity index is 97.1. The number of nitrogens with one attached hydrogen (secondary N) is 1. The Labute approximate surface area is 70.5 Å². The molecule has 0 amide bonds. The first-order valence-electron chi connectivity index (χ1n) is 3.36. The average Bonchev–Trinajstić information content (AvgIpc) is 1.80. The molecular formula is C6H13IN2. The van der Waals surface area contributed by atoms with Crippen molar-refractivity contribution in [3.63, 3.8) is 0 Å². The normalized spacial score (nSPS) is 39.0. The first-order chi connectivity index (χ1) is 4.20. The SMILES string of the molecule is C[C@@H]1CN(I)[C@@H](C)CN1. The molecule has 1 saturated heterocycles. The van der Waals surface area contributed by atoms with Gasteiger partial charge in [0.25, 0.3) is 0 Å². The van der Waals surface area contributed by atoms with Crippen LogP contribution in [0, 0.1) is 0 Å². The molecule has 0 bridgehead atoms. The summed E-state index contributed by atoms with van der Waals surface area (Å²) >= 11 is 2.39. The Kier molecular flexibility index (Phi) is 2.73. The second-order valence-electron chi connectivity index (χ2n) is 2.74. The molecule has 2 nitrogen and oxygen atoms in total. The summed E-state index contributed by atoms with van der Waals surface area (Å²) in [6.45, 7) is 6.76. The van der Waals surface area contributed by atoms with Gasteiger partial charge in [0.15, 0.2) is 0 Å². The lowest BCUT2D eigenvalue weighted by molar-refractivity contribution is 0.286. The summed E-state index contributed by atoms with van der Waals surface area (Å²) in [5.74, 6) is 0. The molecule has 1 aliphatic rings. The molecule has 0 aromatic carbocycles. The molecule has 0 aromatic rings. The van der Waals surface area contributed by atoms with E-state index in [0.29, 0.717) is 12.1 Å². The molecule has 0 spiro atoms. The number of piperazine rings is 1. The molecule has 0 aromatic heterocycles. The van der Waals surface area contributed by atoms with E-state index in [1.165, 1.54) is 6.54 Å². The van der Waals surface area contributed by atoms with Gasteiger partial charge in [-0.05, 0) is 13.8 Å². The van der Waals surface area contributed by atoms with Crippen LogP contribution in [0.25, 0.3) is 0 Å². The second-order valence-corrected chi connectivity index (χ2v) is 3.98. The lowest BCUT2D eigenvalue weighted by Crippen LogP contribution is -2.50. The van der Waals surface area contributed by atoms with Crippen molar-refractivity contribution < 1.29 is 0 Å². The van der Waals surface area contributed by atoms with Gasteiger partial charge in [-0.25, -0.2) is 3.11 Å². The largest absolute Gasteiger partial charge is 0.311 e. The highest BCUT2D eigenvalue weighted by atomic mass is 127. The molecule has 3 heteroatoms. The first-order valence-corrected chi connectivity index (χ1v) is 4.32. The number of nitrogens with zero attached hydrogens (tertiary/aromatic N) is 1. The summed E-state index contributed by atoms with van der Waals surface area (Å²) in [5, 5.41) is 3.42. The van der Waals surface area contributed by atoms with Crippen LogP contribution in [-0.2, 0) is 0 Å². The molecule has 1 rings (SSSR count). The van der Waals surface area contributed by atoms with Crippen molar-refractivity contribution in [2.75, 3.05) is 13.1 Å². The third kappa shape index (κ3) is 2.05. The van der Waals surface area contributed by atoms with Gasteiger partial charge in [-0.1, -0.05) is 0 Å². The fraction of sp³-hybridized carbons (Fsp3) is 1.00. The number of halogens is 1. The van der Waals surface area contributed by atoms with Crippen molar-refractivity contribution in [3.8, 4) is 0 Å². The summed E-state index contributed by atoms with van der Waals surface area (Å²) in [6.07, 6.45) is 0. The van der Waals surface area contributed by atoms with E-state index in [0.717, 1.165) is 6.54 Å². The first kappa shape index (κ1) is 7.75. The Balaban J connectivity index is 2.35. The highest BCUT2D eigenvalue weighted by Gasteiger charge is 2.19. The highest BCUT2D eigenvalue weighted by Crippen LogP contribution is 2.10. The summed E-state index contributed by atoms with van der Waals surface area (Å²) in [4.78, 5) is 0. The van der Waals surface area contributed by atoms with E-state index >= 15 is 0 Å². The second kappa shape index (κ2) is 3.16. The van der Waals surface area contributed by atoms with E-state index < -0.39 is 0 Å². The van der Waals surface area contributed by atoms with E-state index in [-0.39, 0.29) is 0 Å². The third-order valence-corrected chi connectivity index (χ3v) is 3.03.